The summed E-state index contributed by atoms with van der Waals surface area (Å²) in [5.41, 5.74) is 0. The Kier molecular flexibility index (Phi) is 9.23. The maximum Gasteiger partial charge on any atom is 0.328 e. The molecule has 0 aliphatic heterocycles. The number of thiol groups is 1. The molecule has 0 aliphatic carbocycles. The Morgan fingerprint density at radius 3 is 2.18 bits per heavy atom. The summed E-state index contributed by atoms with van der Waals surface area (Å²) < 4.78 is 9.09. The van der Waals surface area contributed by atoms with E-state index in [9.17, 15) is 19.2 Å². The van der Waals surface area contributed by atoms with Gasteiger partial charge in [0.2, 0.25) is 5.91 Å². The number of carboxylic acids is 1. The predicted molar refractivity (Wildman–Crippen MR) is 79.4 cm³/mol. The Hall–Kier alpha value is -1.77. The molecule has 126 valence electrons. The minimum absolute atomic E-state index is 0.0857. The smallest absolute Gasteiger partial charge is 0.328 e. The van der Waals surface area contributed by atoms with Gasteiger partial charge in [-0.3, -0.25) is 14.4 Å². The minimum atomic E-state index is -1.27. The number of carbonyl (C=O) groups excluding carboxylic acids is 3. The number of methoxy groups -OCH3 is 2. The van der Waals surface area contributed by atoms with Crippen molar-refractivity contribution in [2.75, 3.05) is 26.5 Å². The second kappa shape index (κ2) is 10.0. The van der Waals surface area contributed by atoms with E-state index in [0.29, 0.717) is 0 Å². The van der Waals surface area contributed by atoms with Crippen LogP contribution in [0.2, 0.25) is 0 Å². The molecule has 9 heteroatoms. The van der Waals surface area contributed by atoms with Crippen LogP contribution in [0.25, 0.3) is 0 Å². The van der Waals surface area contributed by atoms with Crippen LogP contribution in [0.3, 0.4) is 0 Å². The van der Waals surface area contributed by atoms with Crippen LogP contribution >= 0.6 is 12.6 Å². The molecule has 1 N–H and O–H groups in total. The maximum absolute atomic E-state index is 12.3. The molecular formula is C13H21NO7S. The summed E-state index contributed by atoms with van der Waals surface area (Å²) in [5.74, 6) is -3.55. The van der Waals surface area contributed by atoms with Crippen LogP contribution in [0.4, 0.5) is 0 Å². The number of aliphatic carboxylic acids is 1. The summed E-state index contributed by atoms with van der Waals surface area (Å²) in [6.45, 7) is 0.900. The van der Waals surface area contributed by atoms with Gasteiger partial charge in [0.1, 0.15) is 12.6 Å². The number of rotatable bonds is 9. The molecule has 0 saturated heterocycles. The molecule has 0 radical (unpaired) electrons. The fourth-order valence-corrected chi connectivity index (χ4v) is 1.90. The molecule has 1 amide bonds. The Morgan fingerprint density at radius 2 is 1.77 bits per heavy atom. The van der Waals surface area contributed by atoms with E-state index in [2.05, 4.69) is 22.1 Å². The maximum atomic E-state index is 12.3. The molecule has 0 heterocycles. The fraction of sp³-hybridized carbons (Fsp3) is 0.692. The van der Waals surface area contributed by atoms with E-state index in [1.54, 1.807) is 6.92 Å². The molecule has 0 bridgehead atoms. The van der Waals surface area contributed by atoms with Crippen molar-refractivity contribution in [3.63, 3.8) is 0 Å². The lowest BCUT2D eigenvalue weighted by atomic mass is 10.1. The monoisotopic (exact) mass is 335 g/mol. The SMILES string of the molecule is COC(=O)CC[C@@H](C(=O)OC)N(CC(=O)O)C(=O)C(C)CS. The number of carbonyl (C=O) groups is 4. The Labute approximate surface area is 134 Å². The van der Waals surface area contributed by atoms with Gasteiger partial charge in [-0.1, -0.05) is 6.92 Å². The van der Waals surface area contributed by atoms with Crippen LogP contribution in [-0.2, 0) is 28.7 Å². The lowest BCUT2D eigenvalue weighted by Gasteiger charge is -2.30. The van der Waals surface area contributed by atoms with E-state index in [1.165, 1.54) is 7.11 Å². The van der Waals surface area contributed by atoms with Crippen molar-refractivity contribution in [1.29, 1.82) is 0 Å². The number of nitrogens with zero attached hydrogens (tertiary/aromatic N) is 1. The summed E-state index contributed by atoms with van der Waals surface area (Å²) in [5, 5.41) is 8.96. The quantitative estimate of drug-likeness (QED) is 0.449. The lowest BCUT2D eigenvalue weighted by molar-refractivity contribution is -0.158. The molecule has 0 saturated carbocycles. The van der Waals surface area contributed by atoms with Gasteiger partial charge in [0, 0.05) is 18.1 Å². The molecule has 0 aliphatic rings. The van der Waals surface area contributed by atoms with Crippen LogP contribution < -0.4 is 0 Å². The second-order valence-electron chi connectivity index (χ2n) is 4.60. The van der Waals surface area contributed by atoms with E-state index in [1.807, 2.05) is 0 Å². The highest BCUT2D eigenvalue weighted by Gasteiger charge is 2.34. The predicted octanol–water partition coefficient (Wildman–Crippen LogP) is -0.0397. The van der Waals surface area contributed by atoms with Gasteiger partial charge in [0.15, 0.2) is 0 Å². The summed E-state index contributed by atoms with van der Waals surface area (Å²) in [4.78, 5) is 47.3. The third kappa shape index (κ3) is 6.33. The normalized spacial score (nSPS) is 12.9. The zero-order chi connectivity index (χ0) is 17.3. The minimum Gasteiger partial charge on any atom is -0.480 e. The first-order valence-electron chi connectivity index (χ1n) is 6.56. The number of hydrogen-bond donors (Lipinski definition) is 2. The van der Waals surface area contributed by atoms with Gasteiger partial charge in [-0.2, -0.15) is 12.6 Å². The van der Waals surface area contributed by atoms with Crippen molar-refractivity contribution in [1.82, 2.24) is 4.90 Å². The number of esters is 2. The zero-order valence-electron chi connectivity index (χ0n) is 12.8. The summed E-state index contributed by atoms with van der Waals surface area (Å²) >= 11 is 4.00. The third-order valence-corrected chi connectivity index (χ3v) is 3.53. The number of amides is 1. The first-order chi connectivity index (χ1) is 10.3. The van der Waals surface area contributed by atoms with Crippen LogP contribution in [-0.4, -0.2) is 66.4 Å². The molecule has 0 rings (SSSR count). The largest absolute Gasteiger partial charge is 0.480 e. The molecule has 0 fully saturated rings. The van der Waals surface area contributed by atoms with E-state index in [0.717, 1.165) is 12.0 Å². The fourth-order valence-electron chi connectivity index (χ4n) is 1.74. The summed E-state index contributed by atoms with van der Waals surface area (Å²) in [7, 11) is 2.32. The molecule has 2 atom stereocenters. The molecule has 0 aromatic heterocycles. The zero-order valence-corrected chi connectivity index (χ0v) is 13.7. The van der Waals surface area contributed by atoms with Crippen molar-refractivity contribution in [2.45, 2.75) is 25.8 Å². The highest BCUT2D eigenvalue weighted by atomic mass is 32.1. The van der Waals surface area contributed by atoms with Crippen LogP contribution in [0.15, 0.2) is 0 Å². The Morgan fingerprint density at radius 1 is 1.18 bits per heavy atom. The molecule has 0 aromatic carbocycles. The third-order valence-electron chi connectivity index (χ3n) is 2.98. The lowest BCUT2D eigenvalue weighted by Crippen LogP contribution is -2.50. The average Bonchev–Trinajstić information content (AvgIpc) is 2.51. The van der Waals surface area contributed by atoms with Crippen LogP contribution in [0.1, 0.15) is 19.8 Å². The number of carboxylic acid groups (broad SMARTS) is 1. The number of hydrogen-bond acceptors (Lipinski definition) is 7. The van der Waals surface area contributed by atoms with Crippen LogP contribution in [0.5, 0.6) is 0 Å². The average molecular weight is 335 g/mol. The molecule has 1 unspecified atom stereocenters. The highest BCUT2D eigenvalue weighted by molar-refractivity contribution is 7.80. The molecule has 22 heavy (non-hydrogen) atoms. The summed E-state index contributed by atoms with van der Waals surface area (Å²) in [6.07, 6.45) is -0.230. The van der Waals surface area contributed by atoms with Crippen LogP contribution in [0, 0.1) is 5.92 Å². The molecule has 0 aromatic rings. The van der Waals surface area contributed by atoms with Gasteiger partial charge in [0.25, 0.3) is 0 Å². The van der Waals surface area contributed by atoms with E-state index in [-0.39, 0.29) is 18.6 Å². The van der Waals surface area contributed by atoms with E-state index in [4.69, 9.17) is 5.11 Å². The van der Waals surface area contributed by atoms with Crippen molar-refractivity contribution >= 4 is 36.4 Å². The topological polar surface area (TPSA) is 110 Å². The van der Waals surface area contributed by atoms with Crippen molar-refractivity contribution in [3.05, 3.63) is 0 Å². The molecule has 0 spiro atoms. The molecular weight excluding hydrogens is 314 g/mol. The van der Waals surface area contributed by atoms with Gasteiger partial charge in [0.05, 0.1) is 14.2 Å². The standard InChI is InChI=1S/C13H21NO7S/c1-8(7-22)12(18)14(6-10(15)16)9(13(19)21-3)4-5-11(17)20-2/h8-9,22H,4-7H2,1-3H3,(H,15,16)/t8?,9-/m0/s1. The van der Waals surface area contributed by atoms with Crippen molar-refractivity contribution < 1.29 is 33.8 Å². The van der Waals surface area contributed by atoms with E-state index >= 15 is 0 Å². The number of ether oxygens (including phenoxy) is 2. The van der Waals surface area contributed by atoms with Gasteiger partial charge in [-0.25, -0.2) is 4.79 Å². The van der Waals surface area contributed by atoms with Crippen molar-refractivity contribution in [2.24, 2.45) is 5.92 Å². The Bertz CT molecular complexity index is 427. The highest BCUT2D eigenvalue weighted by Crippen LogP contribution is 2.15. The molecule has 8 nitrogen and oxygen atoms in total. The second-order valence-corrected chi connectivity index (χ2v) is 4.96. The van der Waals surface area contributed by atoms with Gasteiger partial charge in [-0.15, -0.1) is 0 Å². The van der Waals surface area contributed by atoms with Crippen molar-refractivity contribution in [3.8, 4) is 0 Å². The summed E-state index contributed by atoms with van der Waals surface area (Å²) in [6, 6.07) is -1.17. The van der Waals surface area contributed by atoms with E-state index < -0.39 is 42.3 Å². The Balaban J connectivity index is 5.33. The first-order valence-corrected chi connectivity index (χ1v) is 7.19. The first kappa shape index (κ1) is 20.2. The van der Waals surface area contributed by atoms with Gasteiger partial charge in [-0.05, 0) is 6.42 Å². The van der Waals surface area contributed by atoms with Gasteiger partial charge < -0.3 is 19.5 Å². The van der Waals surface area contributed by atoms with Gasteiger partial charge >= 0.3 is 17.9 Å².